The average molecular weight is 151 g/mol. The lowest BCUT2D eigenvalue weighted by molar-refractivity contribution is -0.202. The maximum absolute atomic E-state index is 5.03. The minimum absolute atomic E-state index is 0.542. The van der Waals surface area contributed by atoms with Crippen LogP contribution in [0.25, 0.3) is 0 Å². The van der Waals surface area contributed by atoms with Gasteiger partial charge in [-0.2, -0.15) is 5.53 Å². The van der Waals surface area contributed by atoms with Gasteiger partial charge in [0.1, 0.15) is 7.27 Å². The lowest BCUT2D eigenvalue weighted by atomic mass is 10.4. The van der Waals surface area contributed by atoms with Crippen molar-refractivity contribution in [3.63, 3.8) is 0 Å². The van der Waals surface area contributed by atoms with Crippen molar-refractivity contribution in [1.82, 2.24) is 0 Å². The average Bonchev–Trinajstić information content (AvgIpc) is 1.84. The van der Waals surface area contributed by atoms with Gasteiger partial charge < -0.3 is 0 Å². The summed E-state index contributed by atoms with van der Waals surface area (Å²) in [6.07, 6.45) is 1.11. The third-order valence-corrected chi connectivity index (χ3v) is 3.99. The fraction of sp³-hybridized carbons (Fsp3) is 1.00. The van der Waals surface area contributed by atoms with E-state index in [1.165, 1.54) is 0 Å². The fourth-order valence-electron chi connectivity index (χ4n) is 0.277. The summed E-state index contributed by atoms with van der Waals surface area (Å²) < 4.78 is 0. The van der Waals surface area contributed by atoms with Gasteiger partial charge in [0.15, 0.2) is 0 Å². The van der Waals surface area contributed by atoms with Gasteiger partial charge >= 0.3 is 0 Å². The number of thiol groups is 1. The van der Waals surface area contributed by atoms with Crippen LogP contribution >= 0.6 is 19.5 Å². The summed E-state index contributed by atoms with van der Waals surface area (Å²) in [5.41, 5.74) is 5.58. The monoisotopic (exact) mass is 151 g/mol. The molecule has 2 atom stereocenters. The lowest BCUT2D eigenvalue weighted by Crippen LogP contribution is -2.22. The van der Waals surface area contributed by atoms with Crippen molar-refractivity contribution in [2.45, 2.75) is 25.9 Å². The third-order valence-electron chi connectivity index (χ3n) is 1.10. The van der Waals surface area contributed by atoms with Gasteiger partial charge in [0.05, 0.1) is 0 Å². The Morgan fingerprint density at radius 3 is 2.50 bits per heavy atom. The summed E-state index contributed by atoms with van der Waals surface area (Å²) in [6, 6.07) is 0. The van der Waals surface area contributed by atoms with E-state index < -0.39 is 7.27 Å². The third kappa shape index (κ3) is 2.63. The second kappa shape index (κ2) is 4.28. The van der Waals surface area contributed by atoms with Crippen LogP contribution in [0.3, 0.4) is 0 Å². The molecule has 0 bridgehead atoms. The quantitative estimate of drug-likeness (QED) is 0.346. The van der Waals surface area contributed by atoms with Crippen LogP contribution in [0.15, 0.2) is 4.88 Å². The van der Waals surface area contributed by atoms with Gasteiger partial charge in [0, 0.05) is 5.66 Å². The molecule has 0 fully saturated rings. The molecule has 0 saturated heterocycles. The predicted molar refractivity (Wildman–Crippen MR) is 40.0 cm³/mol. The molecule has 0 saturated carbocycles. The normalized spacial score (nSPS) is 17.4. The number of nitrogens with zero attached hydrogens (tertiary/aromatic N) is 1. The van der Waals surface area contributed by atoms with Gasteiger partial charge in [0.2, 0.25) is 0 Å². The van der Waals surface area contributed by atoms with Crippen molar-refractivity contribution in [3.8, 4) is 0 Å². The molecular weight excluding hydrogens is 139 g/mol. The topological polar surface area (TPSA) is 38.0 Å². The maximum Gasteiger partial charge on any atom is 0.148 e. The van der Waals surface area contributed by atoms with Gasteiger partial charge in [-0.25, -0.2) is 0 Å². The zero-order valence-electron chi connectivity index (χ0n) is 5.20. The van der Waals surface area contributed by atoms with E-state index in [1.807, 2.05) is 0 Å². The van der Waals surface area contributed by atoms with E-state index in [0.29, 0.717) is 5.66 Å². The molecule has 0 amide bonds. The van der Waals surface area contributed by atoms with Crippen LogP contribution < -0.4 is 5.53 Å². The van der Waals surface area contributed by atoms with Crippen molar-refractivity contribution < 1.29 is 5.53 Å². The minimum atomic E-state index is -0.542. The number of nitrogens with two attached hydrogens (primary N) is 1. The Balaban J connectivity index is 3.44. The Labute approximate surface area is 56.5 Å². The van der Waals surface area contributed by atoms with E-state index >= 15 is 0 Å². The molecule has 2 unspecified atom stereocenters. The van der Waals surface area contributed by atoms with E-state index in [4.69, 9.17) is 5.53 Å². The van der Waals surface area contributed by atoms with Crippen LogP contribution in [0.2, 0.25) is 0 Å². The standard InChI is InChI=1S/C4H11N2PS/c1-3-4(2)7(8)6-5/h4-5,8H,3H2,1-2H3/p+1. The van der Waals surface area contributed by atoms with E-state index in [9.17, 15) is 0 Å². The summed E-state index contributed by atoms with van der Waals surface area (Å²) in [5.74, 6) is 0. The minimum Gasteiger partial charge on any atom is -0.153 e. The molecule has 0 radical (unpaired) electrons. The molecule has 0 aromatic rings. The van der Waals surface area contributed by atoms with Crippen molar-refractivity contribution in [2.24, 2.45) is 4.88 Å². The van der Waals surface area contributed by atoms with E-state index in [1.54, 1.807) is 0 Å². The smallest absolute Gasteiger partial charge is 0.148 e. The molecule has 0 rings (SSSR count). The highest BCUT2D eigenvalue weighted by molar-refractivity contribution is 8.45. The first-order valence-corrected chi connectivity index (χ1v) is 5.13. The van der Waals surface area contributed by atoms with Crippen LogP contribution in [-0.4, -0.2) is 5.66 Å². The highest BCUT2D eigenvalue weighted by Crippen LogP contribution is 2.46. The van der Waals surface area contributed by atoms with E-state index in [2.05, 4.69) is 31.0 Å². The van der Waals surface area contributed by atoms with E-state index in [0.717, 1.165) is 6.42 Å². The molecule has 0 aliphatic heterocycles. The Morgan fingerprint density at radius 2 is 2.38 bits per heavy atom. The van der Waals surface area contributed by atoms with Crippen molar-refractivity contribution >= 4 is 19.5 Å². The number of rotatable bonds is 3. The van der Waals surface area contributed by atoms with Gasteiger partial charge in [-0.3, -0.25) is 0 Å². The van der Waals surface area contributed by atoms with E-state index in [-0.39, 0.29) is 0 Å². The van der Waals surface area contributed by atoms with Crippen LogP contribution in [0.1, 0.15) is 20.3 Å². The zero-order valence-corrected chi connectivity index (χ0v) is 6.99. The molecule has 0 aliphatic carbocycles. The SMILES string of the molecule is CCC(C)P(S)N=[NH2+]. The molecule has 8 heavy (non-hydrogen) atoms. The summed E-state index contributed by atoms with van der Waals surface area (Å²) in [6.45, 7) is 4.22. The van der Waals surface area contributed by atoms with Crippen molar-refractivity contribution in [3.05, 3.63) is 0 Å². The second-order valence-corrected chi connectivity index (χ2v) is 4.68. The molecule has 4 heteroatoms. The first-order valence-electron chi connectivity index (χ1n) is 2.61. The molecule has 2 N–H and O–H groups in total. The van der Waals surface area contributed by atoms with Crippen molar-refractivity contribution in [2.75, 3.05) is 0 Å². The van der Waals surface area contributed by atoms with Crippen LogP contribution in [-0.2, 0) is 0 Å². The van der Waals surface area contributed by atoms with Gasteiger partial charge in [-0.15, -0.1) is 12.2 Å². The zero-order chi connectivity index (χ0) is 6.57. The Kier molecular flexibility index (Phi) is 4.48. The highest BCUT2D eigenvalue weighted by atomic mass is 32.7. The van der Waals surface area contributed by atoms with Gasteiger partial charge in [-0.1, -0.05) is 13.8 Å². The molecule has 48 valence electrons. The molecule has 0 heterocycles. The summed E-state index contributed by atoms with van der Waals surface area (Å²) in [7, 11) is -0.542. The Morgan fingerprint density at radius 1 is 1.88 bits per heavy atom. The predicted octanol–water partition coefficient (Wildman–Crippen LogP) is 1.24. The first-order chi connectivity index (χ1) is 3.72. The summed E-state index contributed by atoms with van der Waals surface area (Å²) in [5, 5.41) is 0. The maximum atomic E-state index is 5.03. The second-order valence-electron chi connectivity index (χ2n) is 1.69. The highest BCUT2D eigenvalue weighted by Gasteiger charge is 2.10. The number of hydrogen-bond donors (Lipinski definition) is 2. The molecule has 2 nitrogen and oxygen atoms in total. The summed E-state index contributed by atoms with van der Waals surface area (Å²) in [4.78, 5) is 3.59. The number of hydrogen-bond acceptors (Lipinski definition) is 2. The molecular formula is C4H12N2PS+. The van der Waals surface area contributed by atoms with Crippen molar-refractivity contribution in [1.29, 1.82) is 0 Å². The Hall–Kier alpha value is 0.380. The summed E-state index contributed by atoms with van der Waals surface area (Å²) >= 11 is 4.18. The molecule has 0 spiro atoms. The van der Waals surface area contributed by atoms with Crippen LogP contribution in [0.4, 0.5) is 0 Å². The van der Waals surface area contributed by atoms with Crippen LogP contribution in [0, 0.1) is 0 Å². The largest absolute Gasteiger partial charge is 0.153 e. The van der Waals surface area contributed by atoms with Gasteiger partial charge in [0.25, 0.3) is 0 Å². The molecule has 0 aliphatic rings. The van der Waals surface area contributed by atoms with Crippen LogP contribution in [0.5, 0.6) is 0 Å². The van der Waals surface area contributed by atoms with Gasteiger partial charge in [-0.05, 0) is 11.3 Å². The fourth-order valence-corrected chi connectivity index (χ4v) is 1.32. The Bertz CT molecular complexity index is 78.4. The molecule has 0 aromatic carbocycles. The lowest BCUT2D eigenvalue weighted by Gasteiger charge is -2.05. The first kappa shape index (κ1) is 8.38. The molecule has 0 aromatic heterocycles.